The summed E-state index contributed by atoms with van der Waals surface area (Å²) in [6.45, 7) is 1.82. The molecule has 0 aliphatic heterocycles. The van der Waals surface area contributed by atoms with Crippen LogP contribution in [0, 0.1) is 6.92 Å². The molecule has 0 atom stereocenters. The minimum atomic E-state index is -0.425. The molecular formula is C15H13BrO3. The van der Waals surface area contributed by atoms with E-state index in [-0.39, 0.29) is 6.61 Å². The number of ether oxygens (including phenoxy) is 2. The van der Waals surface area contributed by atoms with E-state index in [4.69, 9.17) is 9.47 Å². The Morgan fingerprint density at radius 2 is 1.84 bits per heavy atom. The Balaban J connectivity index is 1.89. The van der Waals surface area contributed by atoms with Gasteiger partial charge in [-0.15, -0.1) is 0 Å². The first-order chi connectivity index (χ1) is 9.15. The van der Waals surface area contributed by atoms with E-state index in [2.05, 4.69) is 15.9 Å². The van der Waals surface area contributed by atoms with Crippen LogP contribution in [0.3, 0.4) is 0 Å². The van der Waals surface area contributed by atoms with E-state index in [1.54, 1.807) is 24.3 Å². The van der Waals surface area contributed by atoms with Gasteiger partial charge in [0.1, 0.15) is 11.5 Å². The third-order valence-electron chi connectivity index (χ3n) is 2.46. The fraction of sp³-hybridized carbons (Fsp3) is 0.133. The van der Waals surface area contributed by atoms with Gasteiger partial charge in [0, 0.05) is 4.47 Å². The summed E-state index contributed by atoms with van der Waals surface area (Å²) >= 11 is 3.39. The lowest BCUT2D eigenvalue weighted by Gasteiger charge is -2.07. The minimum Gasteiger partial charge on any atom is -0.482 e. The molecule has 3 nitrogen and oxygen atoms in total. The molecule has 0 fully saturated rings. The zero-order chi connectivity index (χ0) is 13.7. The highest BCUT2D eigenvalue weighted by Gasteiger charge is 2.07. The molecule has 0 unspecified atom stereocenters. The lowest BCUT2D eigenvalue weighted by Crippen LogP contribution is -2.17. The largest absolute Gasteiger partial charge is 0.482 e. The Morgan fingerprint density at radius 1 is 1.11 bits per heavy atom. The van der Waals surface area contributed by atoms with Crippen LogP contribution in [-0.4, -0.2) is 12.6 Å². The van der Waals surface area contributed by atoms with E-state index in [0.29, 0.717) is 11.5 Å². The van der Waals surface area contributed by atoms with Gasteiger partial charge in [0.15, 0.2) is 6.61 Å². The smallest absolute Gasteiger partial charge is 0.349 e. The number of carbonyl (C=O) groups is 1. The van der Waals surface area contributed by atoms with Crippen LogP contribution in [0.2, 0.25) is 0 Å². The monoisotopic (exact) mass is 320 g/mol. The summed E-state index contributed by atoms with van der Waals surface area (Å²) in [5, 5.41) is 0. The van der Waals surface area contributed by atoms with Crippen LogP contribution in [0.4, 0.5) is 0 Å². The first-order valence-electron chi connectivity index (χ1n) is 5.80. The maximum atomic E-state index is 11.6. The Morgan fingerprint density at radius 3 is 2.53 bits per heavy atom. The van der Waals surface area contributed by atoms with Crippen molar-refractivity contribution in [2.75, 3.05) is 6.61 Å². The fourth-order valence-electron chi connectivity index (χ4n) is 1.50. The second-order valence-corrected chi connectivity index (χ2v) is 4.84. The zero-order valence-corrected chi connectivity index (χ0v) is 12.0. The molecule has 0 spiro atoms. The summed E-state index contributed by atoms with van der Waals surface area (Å²) < 4.78 is 11.5. The zero-order valence-electron chi connectivity index (χ0n) is 10.4. The summed E-state index contributed by atoms with van der Waals surface area (Å²) in [6, 6.07) is 14.5. The van der Waals surface area contributed by atoms with Crippen molar-refractivity contribution in [2.45, 2.75) is 6.92 Å². The standard InChI is InChI=1S/C15H13BrO3/c1-11-9-13(7-8-14(11)16)19-15(17)10-18-12-5-3-2-4-6-12/h2-9H,10H2,1H3. The molecule has 19 heavy (non-hydrogen) atoms. The van der Waals surface area contributed by atoms with E-state index in [1.165, 1.54) is 0 Å². The lowest BCUT2D eigenvalue weighted by atomic mass is 10.2. The molecule has 2 aromatic carbocycles. The van der Waals surface area contributed by atoms with E-state index >= 15 is 0 Å². The number of benzene rings is 2. The number of hydrogen-bond donors (Lipinski definition) is 0. The molecule has 0 amide bonds. The van der Waals surface area contributed by atoms with E-state index in [9.17, 15) is 4.79 Å². The van der Waals surface area contributed by atoms with Gasteiger partial charge in [-0.1, -0.05) is 34.1 Å². The van der Waals surface area contributed by atoms with Crippen molar-refractivity contribution in [3.63, 3.8) is 0 Å². The highest BCUT2D eigenvalue weighted by molar-refractivity contribution is 9.10. The third-order valence-corrected chi connectivity index (χ3v) is 3.35. The maximum Gasteiger partial charge on any atom is 0.349 e. The van der Waals surface area contributed by atoms with Gasteiger partial charge in [0.25, 0.3) is 0 Å². The summed E-state index contributed by atoms with van der Waals surface area (Å²) in [6.07, 6.45) is 0. The molecular weight excluding hydrogens is 308 g/mol. The predicted molar refractivity (Wildman–Crippen MR) is 76.5 cm³/mol. The van der Waals surface area contributed by atoms with Crippen LogP contribution in [0.25, 0.3) is 0 Å². The number of halogens is 1. The van der Waals surface area contributed by atoms with Crippen LogP contribution in [0.15, 0.2) is 53.0 Å². The molecule has 2 aromatic rings. The minimum absolute atomic E-state index is 0.112. The van der Waals surface area contributed by atoms with Crippen LogP contribution >= 0.6 is 15.9 Å². The molecule has 0 saturated heterocycles. The van der Waals surface area contributed by atoms with E-state index < -0.39 is 5.97 Å². The quantitative estimate of drug-likeness (QED) is 0.636. The number of aryl methyl sites for hydroxylation is 1. The predicted octanol–water partition coefficient (Wildman–Crippen LogP) is 3.74. The van der Waals surface area contributed by atoms with Crippen LogP contribution in [0.1, 0.15) is 5.56 Å². The molecule has 0 N–H and O–H groups in total. The van der Waals surface area contributed by atoms with Crippen LogP contribution < -0.4 is 9.47 Å². The molecule has 2 rings (SSSR count). The SMILES string of the molecule is Cc1cc(OC(=O)COc2ccccc2)ccc1Br. The van der Waals surface area contributed by atoms with Crippen molar-refractivity contribution >= 4 is 21.9 Å². The molecule has 0 heterocycles. The van der Waals surface area contributed by atoms with Gasteiger partial charge in [-0.25, -0.2) is 4.79 Å². The summed E-state index contributed by atoms with van der Waals surface area (Å²) in [4.78, 5) is 11.6. The van der Waals surface area contributed by atoms with Crippen LogP contribution in [-0.2, 0) is 4.79 Å². The Hall–Kier alpha value is -1.81. The van der Waals surface area contributed by atoms with Gasteiger partial charge in [0.05, 0.1) is 0 Å². The molecule has 0 radical (unpaired) electrons. The number of carbonyl (C=O) groups excluding carboxylic acids is 1. The van der Waals surface area contributed by atoms with Crippen molar-refractivity contribution in [3.05, 3.63) is 58.6 Å². The van der Waals surface area contributed by atoms with Crippen LogP contribution in [0.5, 0.6) is 11.5 Å². The molecule has 0 saturated carbocycles. The highest BCUT2D eigenvalue weighted by Crippen LogP contribution is 2.21. The summed E-state index contributed by atoms with van der Waals surface area (Å²) in [5.74, 6) is 0.736. The normalized spacial score (nSPS) is 10.0. The molecule has 0 aliphatic carbocycles. The summed E-state index contributed by atoms with van der Waals surface area (Å²) in [5.41, 5.74) is 1.01. The van der Waals surface area contributed by atoms with Gasteiger partial charge < -0.3 is 9.47 Å². The Bertz CT molecular complexity index is 567. The Kier molecular flexibility index (Phi) is 4.58. The van der Waals surface area contributed by atoms with Gasteiger partial charge >= 0.3 is 5.97 Å². The topological polar surface area (TPSA) is 35.5 Å². The van der Waals surface area contributed by atoms with Gasteiger partial charge in [-0.05, 0) is 42.8 Å². The first kappa shape index (κ1) is 13.6. The molecule has 0 bridgehead atoms. The number of hydrogen-bond acceptors (Lipinski definition) is 3. The molecule has 4 heteroatoms. The number of rotatable bonds is 4. The van der Waals surface area contributed by atoms with Crippen molar-refractivity contribution in [1.82, 2.24) is 0 Å². The number of esters is 1. The maximum absolute atomic E-state index is 11.6. The van der Waals surface area contributed by atoms with Crippen molar-refractivity contribution in [2.24, 2.45) is 0 Å². The average Bonchev–Trinajstić information content (AvgIpc) is 2.42. The van der Waals surface area contributed by atoms with E-state index in [1.807, 2.05) is 31.2 Å². The van der Waals surface area contributed by atoms with Crippen molar-refractivity contribution in [3.8, 4) is 11.5 Å². The fourth-order valence-corrected chi connectivity index (χ4v) is 1.75. The van der Waals surface area contributed by atoms with E-state index in [0.717, 1.165) is 10.0 Å². The molecule has 98 valence electrons. The van der Waals surface area contributed by atoms with Gasteiger partial charge in [0.2, 0.25) is 0 Å². The van der Waals surface area contributed by atoms with Crippen molar-refractivity contribution < 1.29 is 14.3 Å². The van der Waals surface area contributed by atoms with Crippen molar-refractivity contribution in [1.29, 1.82) is 0 Å². The average molecular weight is 321 g/mol. The van der Waals surface area contributed by atoms with Gasteiger partial charge in [-0.2, -0.15) is 0 Å². The first-order valence-corrected chi connectivity index (χ1v) is 6.59. The second-order valence-electron chi connectivity index (χ2n) is 3.99. The highest BCUT2D eigenvalue weighted by atomic mass is 79.9. The second kappa shape index (κ2) is 6.38. The van der Waals surface area contributed by atoms with Gasteiger partial charge in [-0.3, -0.25) is 0 Å². The molecule has 0 aromatic heterocycles. The molecule has 0 aliphatic rings. The lowest BCUT2D eigenvalue weighted by molar-refractivity contribution is -0.136. The third kappa shape index (κ3) is 4.10. The Labute approximate surface area is 120 Å². The summed E-state index contributed by atoms with van der Waals surface area (Å²) in [7, 11) is 0. The number of para-hydroxylation sites is 1.